The molecule has 0 bridgehead atoms. The predicted molar refractivity (Wildman–Crippen MR) is 85.0 cm³/mol. The number of rotatable bonds is 4. The van der Waals surface area contributed by atoms with E-state index in [-0.39, 0.29) is 11.9 Å². The van der Waals surface area contributed by atoms with Crippen molar-refractivity contribution in [1.82, 2.24) is 4.90 Å². The van der Waals surface area contributed by atoms with Gasteiger partial charge in [0.05, 0.1) is 0 Å². The van der Waals surface area contributed by atoms with Crippen LogP contribution < -0.4 is 0 Å². The lowest BCUT2D eigenvalue weighted by Gasteiger charge is -2.49. The largest absolute Gasteiger partial charge is 0.454 e. The number of ether oxygens (including phenoxy) is 1. The van der Waals surface area contributed by atoms with Gasteiger partial charge in [0, 0.05) is 31.8 Å². The fourth-order valence-electron chi connectivity index (χ4n) is 3.63. The molecule has 3 heteroatoms. The summed E-state index contributed by atoms with van der Waals surface area (Å²) in [5, 5.41) is 0. The van der Waals surface area contributed by atoms with Crippen molar-refractivity contribution < 1.29 is 9.53 Å². The molecular weight excluding hydrogens is 262 g/mol. The summed E-state index contributed by atoms with van der Waals surface area (Å²) in [6.45, 7) is 10.2. The number of benzene rings is 1. The van der Waals surface area contributed by atoms with Crippen molar-refractivity contribution in [3.63, 3.8) is 0 Å². The zero-order valence-electron chi connectivity index (χ0n) is 13.6. The number of carbonyl (C=O) groups is 1. The summed E-state index contributed by atoms with van der Waals surface area (Å²) in [4.78, 5) is 14.2. The number of hydrogen-bond acceptors (Lipinski definition) is 3. The van der Waals surface area contributed by atoms with Crippen LogP contribution in [0.5, 0.6) is 0 Å². The first-order valence-electron chi connectivity index (χ1n) is 7.98. The van der Waals surface area contributed by atoms with Crippen molar-refractivity contribution in [2.75, 3.05) is 13.1 Å². The summed E-state index contributed by atoms with van der Waals surface area (Å²) in [7, 11) is 0. The third-order valence-corrected chi connectivity index (χ3v) is 4.63. The molecule has 1 aliphatic rings. The quantitative estimate of drug-likeness (QED) is 0.793. The van der Waals surface area contributed by atoms with Gasteiger partial charge in [-0.25, -0.2) is 0 Å². The highest BCUT2D eigenvalue weighted by molar-refractivity contribution is 5.67. The molecule has 1 aromatic carbocycles. The first kappa shape index (κ1) is 16.0. The number of esters is 1. The van der Waals surface area contributed by atoms with Crippen molar-refractivity contribution in [3.05, 3.63) is 35.9 Å². The first-order valence-corrected chi connectivity index (χ1v) is 7.98. The topological polar surface area (TPSA) is 29.5 Å². The zero-order valence-corrected chi connectivity index (χ0v) is 13.6. The maximum absolute atomic E-state index is 11.7. The first-order chi connectivity index (χ1) is 9.99. The average molecular weight is 289 g/mol. The summed E-state index contributed by atoms with van der Waals surface area (Å²) in [6.07, 6.45) is 2.01. The summed E-state index contributed by atoms with van der Waals surface area (Å²) in [5.41, 5.74) is 0.632. The highest BCUT2D eigenvalue weighted by Gasteiger charge is 2.47. The predicted octanol–water partition coefficient (Wildman–Crippen LogP) is 3.59. The molecule has 0 amide bonds. The van der Waals surface area contributed by atoms with Crippen molar-refractivity contribution in [2.24, 2.45) is 5.92 Å². The summed E-state index contributed by atoms with van der Waals surface area (Å²) in [5.74, 6) is 0.0911. The van der Waals surface area contributed by atoms with E-state index < -0.39 is 5.60 Å². The monoisotopic (exact) mass is 289 g/mol. The fourth-order valence-corrected chi connectivity index (χ4v) is 3.63. The van der Waals surface area contributed by atoms with Crippen LogP contribution in [-0.4, -0.2) is 30.0 Å². The molecule has 0 aromatic heterocycles. The smallest absolute Gasteiger partial charge is 0.303 e. The molecule has 1 aromatic rings. The maximum atomic E-state index is 11.7. The molecular formula is C18H27NO2. The van der Waals surface area contributed by atoms with Gasteiger partial charge in [0.15, 0.2) is 0 Å². The molecule has 0 spiro atoms. The van der Waals surface area contributed by atoms with Crippen molar-refractivity contribution >= 4 is 5.97 Å². The lowest BCUT2D eigenvalue weighted by molar-refractivity contribution is -0.176. The Morgan fingerprint density at radius 3 is 2.57 bits per heavy atom. The minimum Gasteiger partial charge on any atom is -0.454 e. The minimum atomic E-state index is -0.489. The van der Waals surface area contributed by atoms with Gasteiger partial charge in [0.1, 0.15) is 5.60 Å². The third kappa shape index (κ3) is 3.29. The Kier molecular flexibility index (Phi) is 5.04. The van der Waals surface area contributed by atoms with Gasteiger partial charge in [-0.15, -0.1) is 0 Å². The second-order valence-corrected chi connectivity index (χ2v) is 6.30. The molecule has 2 rings (SSSR count). The number of nitrogens with zero attached hydrogens (tertiary/aromatic N) is 1. The molecule has 3 nitrogen and oxygen atoms in total. The van der Waals surface area contributed by atoms with E-state index >= 15 is 0 Å². The SMILES string of the molecule is CCCN1C[C@@H](C)[C@](OC(C)=O)(c2ccccc2)C[C@@H]1C. The highest BCUT2D eigenvalue weighted by atomic mass is 16.6. The second-order valence-electron chi connectivity index (χ2n) is 6.30. The Bertz CT molecular complexity index is 473. The van der Waals surface area contributed by atoms with Crippen molar-refractivity contribution in [2.45, 2.75) is 52.2 Å². The molecule has 21 heavy (non-hydrogen) atoms. The number of likely N-dealkylation sites (tertiary alicyclic amines) is 1. The van der Waals surface area contributed by atoms with Crippen LogP contribution in [0.15, 0.2) is 30.3 Å². The van der Waals surface area contributed by atoms with Crippen LogP contribution in [0, 0.1) is 5.92 Å². The number of hydrogen-bond donors (Lipinski definition) is 0. The molecule has 1 aliphatic heterocycles. The molecule has 1 saturated heterocycles. The van der Waals surface area contributed by atoms with E-state index in [4.69, 9.17) is 4.74 Å². The van der Waals surface area contributed by atoms with E-state index in [1.807, 2.05) is 18.2 Å². The molecule has 0 saturated carbocycles. The summed E-state index contributed by atoms with van der Waals surface area (Å²) < 4.78 is 5.91. The van der Waals surface area contributed by atoms with Crippen LogP contribution in [0.2, 0.25) is 0 Å². The molecule has 116 valence electrons. The number of piperidine rings is 1. The highest BCUT2D eigenvalue weighted by Crippen LogP contribution is 2.43. The van der Waals surface area contributed by atoms with Crippen LogP contribution >= 0.6 is 0 Å². The van der Waals surface area contributed by atoms with Crippen LogP contribution in [0.25, 0.3) is 0 Å². The van der Waals surface area contributed by atoms with E-state index in [1.165, 1.54) is 6.92 Å². The molecule has 0 aliphatic carbocycles. The Hall–Kier alpha value is -1.35. The lowest BCUT2D eigenvalue weighted by atomic mass is 9.74. The van der Waals surface area contributed by atoms with E-state index in [9.17, 15) is 4.79 Å². The minimum absolute atomic E-state index is 0.193. The van der Waals surface area contributed by atoms with E-state index in [0.717, 1.165) is 31.5 Å². The van der Waals surface area contributed by atoms with Gasteiger partial charge < -0.3 is 9.64 Å². The van der Waals surface area contributed by atoms with Crippen LogP contribution in [0.4, 0.5) is 0 Å². The molecule has 0 unspecified atom stereocenters. The van der Waals surface area contributed by atoms with Gasteiger partial charge in [0.2, 0.25) is 0 Å². The molecule has 3 atom stereocenters. The van der Waals surface area contributed by atoms with Gasteiger partial charge in [-0.1, -0.05) is 44.2 Å². The average Bonchev–Trinajstić information content (AvgIpc) is 2.45. The third-order valence-electron chi connectivity index (χ3n) is 4.63. The Morgan fingerprint density at radius 2 is 2.00 bits per heavy atom. The van der Waals surface area contributed by atoms with Crippen LogP contribution in [0.3, 0.4) is 0 Å². The Balaban J connectivity index is 2.35. The van der Waals surface area contributed by atoms with Gasteiger partial charge >= 0.3 is 5.97 Å². The van der Waals surface area contributed by atoms with Gasteiger partial charge in [0.25, 0.3) is 0 Å². The standard InChI is InChI=1S/C18H27NO2/c1-5-11-19-13-14(2)18(12-15(19)3,21-16(4)20)17-9-7-6-8-10-17/h6-10,14-15H,5,11-13H2,1-4H3/t14-,15+,18+/m1/s1. The second kappa shape index (κ2) is 6.61. The molecule has 0 N–H and O–H groups in total. The van der Waals surface area contributed by atoms with Crippen LogP contribution in [0.1, 0.15) is 46.1 Å². The maximum Gasteiger partial charge on any atom is 0.303 e. The van der Waals surface area contributed by atoms with Gasteiger partial charge in [-0.05, 0) is 25.5 Å². The molecule has 1 heterocycles. The fraction of sp³-hybridized carbons (Fsp3) is 0.611. The number of carbonyl (C=O) groups excluding carboxylic acids is 1. The zero-order chi connectivity index (χ0) is 15.5. The van der Waals surface area contributed by atoms with E-state index in [1.54, 1.807) is 0 Å². The van der Waals surface area contributed by atoms with Gasteiger partial charge in [-0.2, -0.15) is 0 Å². The van der Waals surface area contributed by atoms with Crippen molar-refractivity contribution in [1.29, 1.82) is 0 Å². The van der Waals surface area contributed by atoms with Crippen molar-refractivity contribution in [3.8, 4) is 0 Å². The summed E-state index contributed by atoms with van der Waals surface area (Å²) in [6, 6.07) is 10.6. The Labute approximate surface area is 128 Å². The van der Waals surface area contributed by atoms with Crippen LogP contribution in [-0.2, 0) is 15.1 Å². The normalized spacial score (nSPS) is 30.1. The summed E-state index contributed by atoms with van der Waals surface area (Å²) >= 11 is 0. The molecule has 1 fully saturated rings. The Morgan fingerprint density at radius 1 is 1.33 bits per heavy atom. The van der Waals surface area contributed by atoms with E-state index in [2.05, 4.69) is 37.8 Å². The lowest BCUT2D eigenvalue weighted by Crippen LogP contribution is -2.54. The molecule has 0 radical (unpaired) electrons. The van der Waals surface area contributed by atoms with E-state index in [0.29, 0.717) is 6.04 Å². The van der Waals surface area contributed by atoms with Gasteiger partial charge in [-0.3, -0.25) is 4.79 Å².